The van der Waals surface area contributed by atoms with Crippen molar-refractivity contribution in [2.24, 2.45) is 5.92 Å². The van der Waals surface area contributed by atoms with E-state index in [1.807, 2.05) is 27.7 Å². The summed E-state index contributed by atoms with van der Waals surface area (Å²) in [6.07, 6.45) is 7.95. The average Bonchev–Trinajstić information content (AvgIpc) is 2.17. The summed E-state index contributed by atoms with van der Waals surface area (Å²) in [5, 5.41) is 0. The molecule has 0 nitrogen and oxygen atoms in total. The maximum Gasteiger partial charge on any atom is -0.0224 e. The maximum absolute atomic E-state index is 2.28. The second-order valence-corrected chi connectivity index (χ2v) is 2.52. The predicted molar refractivity (Wildman–Crippen MR) is 59.4 cm³/mol. The topological polar surface area (TPSA) is 0 Å². The molecule has 0 heteroatoms. The van der Waals surface area contributed by atoms with E-state index in [-0.39, 0.29) is 0 Å². The molecule has 0 N–H and O–H groups in total. The molecule has 72 valence electrons. The quantitative estimate of drug-likeness (QED) is 0.496. The molecule has 1 aliphatic rings. The molecule has 0 aromatic heterocycles. The van der Waals surface area contributed by atoms with Gasteiger partial charge in [-0.25, -0.2) is 0 Å². The van der Waals surface area contributed by atoms with E-state index < -0.39 is 0 Å². The van der Waals surface area contributed by atoms with Crippen LogP contribution >= 0.6 is 0 Å². The Morgan fingerprint density at radius 2 is 1.67 bits per heavy atom. The van der Waals surface area contributed by atoms with Crippen LogP contribution in [0.1, 0.15) is 48.0 Å². The Morgan fingerprint density at radius 1 is 1.17 bits per heavy atom. The van der Waals surface area contributed by atoms with Gasteiger partial charge in [-0.3, -0.25) is 0 Å². The Balaban J connectivity index is 0. The van der Waals surface area contributed by atoms with E-state index in [9.17, 15) is 0 Å². The highest BCUT2D eigenvalue weighted by Gasteiger charge is 1.97. The molecule has 0 aromatic rings. The fourth-order valence-corrected chi connectivity index (χ4v) is 0.834. The fourth-order valence-electron chi connectivity index (χ4n) is 0.834. The lowest BCUT2D eigenvalue weighted by Gasteiger charge is -2.06. The van der Waals surface area contributed by atoms with E-state index in [2.05, 4.69) is 32.1 Å². The van der Waals surface area contributed by atoms with Crippen LogP contribution in [0.15, 0.2) is 23.8 Å². The molecule has 0 bridgehead atoms. The van der Waals surface area contributed by atoms with Crippen LogP contribution in [0.4, 0.5) is 0 Å². The Hall–Kier alpha value is -0.520. The highest BCUT2D eigenvalue weighted by atomic mass is 14.0. The van der Waals surface area contributed by atoms with E-state index in [0.717, 1.165) is 5.92 Å². The number of rotatable bonds is 0. The van der Waals surface area contributed by atoms with Gasteiger partial charge >= 0.3 is 0 Å². The molecule has 0 fully saturated rings. The van der Waals surface area contributed by atoms with Gasteiger partial charge in [0.15, 0.2) is 0 Å². The normalized spacial score (nSPS) is 19.5. The van der Waals surface area contributed by atoms with E-state index in [4.69, 9.17) is 0 Å². The molecule has 12 heavy (non-hydrogen) atoms. The molecule has 1 rings (SSSR count). The van der Waals surface area contributed by atoms with Gasteiger partial charge in [-0.1, -0.05) is 58.4 Å². The second kappa shape index (κ2) is 10.5. The van der Waals surface area contributed by atoms with Crippen molar-refractivity contribution in [2.75, 3.05) is 0 Å². The fraction of sp³-hybridized carbons (Fsp3) is 0.667. The first-order chi connectivity index (χ1) is 5.79. The zero-order chi connectivity index (χ0) is 9.98. The van der Waals surface area contributed by atoms with Gasteiger partial charge in [-0.15, -0.1) is 0 Å². The van der Waals surface area contributed by atoms with Gasteiger partial charge < -0.3 is 0 Å². The van der Waals surface area contributed by atoms with Gasteiger partial charge in [0.2, 0.25) is 0 Å². The van der Waals surface area contributed by atoms with Gasteiger partial charge in [0.1, 0.15) is 0 Å². The average molecular weight is 168 g/mol. The Morgan fingerprint density at radius 3 is 1.92 bits per heavy atom. The number of hydrogen-bond donors (Lipinski definition) is 0. The van der Waals surface area contributed by atoms with Crippen LogP contribution < -0.4 is 0 Å². The van der Waals surface area contributed by atoms with Crippen molar-refractivity contribution in [3.63, 3.8) is 0 Å². The summed E-state index contributed by atoms with van der Waals surface area (Å²) in [4.78, 5) is 0. The van der Waals surface area contributed by atoms with E-state index in [1.54, 1.807) is 0 Å². The SMILES string of the molecule is CC.CC.CC1=CCC(C)C=C1. The van der Waals surface area contributed by atoms with Gasteiger partial charge in [0.25, 0.3) is 0 Å². The lowest BCUT2D eigenvalue weighted by Crippen LogP contribution is -1.91. The summed E-state index contributed by atoms with van der Waals surface area (Å²) in [6, 6.07) is 0. The molecule has 0 amide bonds. The molecule has 1 atom stereocenters. The van der Waals surface area contributed by atoms with Gasteiger partial charge in [-0.2, -0.15) is 0 Å². The van der Waals surface area contributed by atoms with Crippen LogP contribution in [0.2, 0.25) is 0 Å². The third-order valence-electron chi connectivity index (χ3n) is 1.50. The molecule has 1 unspecified atom stereocenters. The molecular weight excluding hydrogens is 144 g/mol. The molecule has 0 spiro atoms. The Kier molecular flexibility index (Phi) is 12.3. The summed E-state index contributed by atoms with van der Waals surface area (Å²) in [5.74, 6) is 0.763. The first kappa shape index (κ1) is 14.0. The minimum Gasteiger partial charge on any atom is -0.0811 e. The van der Waals surface area contributed by atoms with Crippen LogP contribution in [0, 0.1) is 5.92 Å². The summed E-state index contributed by atoms with van der Waals surface area (Å²) in [6.45, 7) is 12.4. The largest absolute Gasteiger partial charge is 0.0811 e. The zero-order valence-electron chi connectivity index (χ0n) is 9.52. The van der Waals surface area contributed by atoms with Gasteiger partial charge in [0, 0.05) is 0 Å². The molecule has 0 aromatic carbocycles. The minimum atomic E-state index is 0.763. The third kappa shape index (κ3) is 7.59. The third-order valence-corrected chi connectivity index (χ3v) is 1.50. The van der Waals surface area contributed by atoms with E-state index in [1.165, 1.54) is 12.0 Å². The predicted octanol–water partition coefficient (Wildman–Crippen LogP) is 4.58. The lowest BCUT2D eigenvalue weighted by molar-refractivity contribution is 0.731. The van der Waals surface area contributed by atoms with Crippen LogP contribution in [-0.2, 0) is 0 Å². The Bertz CT molecular complexity index is 129. The monoisotopic (exact) mass is 168 g/mol. The molecule has 1 aliphatic carbocycles. The van der Waals surface area contributed by atoms with Crippen molar-refractivity contribution >= 4 is 0 Å². The summed E-state index contributed by atoms with van der Waals surface area (Å²) < 4.78 is 0. The van der Waals surface area contributed by atoms with E-state index in [0.29, 0.717) is 0 Å². The van der Waals surface area contributed by atoms with Crippen LogP contribution in [0.3, 0.4) is 0 Å². The maximum atomic E-state index is 2.28. The molecule has 0 saturated carbocycles. The van der Waals surface area contributed by atoms with Crippen molar-refractivity contribution in [2.45, 2.75) is 48.0 Å². The van der Waals surface area contributed by atoms with Crippen molar-refractivity contribution < 1.29 is 0 Å². The van der Waals surface area contributed by atoms with Crippen molar-refractivity contribution in [3.8, 4) is 0 Å². The molecule has 0 heterocycles. The van der Waals surface area contributed by atoms with Crippen molar-refractivity contribution in [1.29, 1.82) is 0 Å². The molecule has 0 aliphatic heterocycles. The van der Waals surface area contributed by atoms with Crippen molar-refractivity contribution in [1.82, 2.24) is 0 Å². The van der Waals surface area contributed by atoms with Gasteiger partial charge in [0.05, 0.1) is 0 Å². The Labute approximate surface area is 78.4 Å². The summed E-state index contributed by atoms with van der Waals surface area (Å²) in [5.41, 5.74) is 1.41. The second-order valence-electron chi connectivity index (χ2n) is 2.52. The lowest BCUT2D eigenvalue weighted by atomic mass is 10.00. The molecular formula is C12H24. The zero-order valence-corrected chi connectivity index (χ0v) is 9.52. The highest BCUT2D eigenvalue weighted by Crippen LogP contribution is 2.13. The standard InChI is InChI=1S/C8H12.2C2H6/c1-7-3-5-8(2)6-4-7;2*1-2/h3-5,8H,6H2,1-2H3;2*1-2H3. The van der Waals surface area contributed by atoms with Crippen LogP contribution in [0.5, 0.6) is 0 Å². The minimum absolute atomic E-state index is 0.763. The first-order valence-corrected chi connectivity index (χ1v) is 5.14. The highest BCUT2D eigenvalue weighted by molar-refractivity contribution is 5.20. The molecule has 0 radical (unpaired) electrons. The van der Waals surface area contributed by atoms with Gasteiger partial charge in [-0.05, 0) is 19.3 Å². The molecule has 0 saturated heterocycles. The number of allylic oxidation sites excluding steroid dienone is 4. The first-order valence-electron chi connectivity index (χ1n) is 5.14. The van der Waals surface area contributed by atoms with Crippen molar-refractivity contribution in [3.05, 3.63) is 23.8 Å². The van der Waals surface area contributed by atoms with Crippen LogP contribution in [-0.4, -0.2) is 0 Å². The van der Waals surface area contributed by atoms with Crippen LogP contribution in [0.25, 0.3) is 0 Å². The smallest absolute Gasteiger partial charge is 0.0224 e. The summed E-state index contributed by atoms with van der Waals surface area (Å²) in [7, 11) is 0. The summed E-state index contributed by atoms with van der Waals surface area (Å²) >= 11 is 0. The van der Waals surface area contributed by atoms with E-state index >= 15 is 0 Å². The number of hydrogen-bond acceptors (Lipinski definition) is 0.